The van der Waals surface area contributed by atoms with Crippen LogP contribution in [0.25, 0.3) is 0 Å². The SMILES string of the molecule is O/N=C(/NO)c1ccc(O)c(O)c1. The lowest BCUT2D eigenvalue weighted by Crippen LogP contribution is -2.19. The van der Waals surface area contributed by atoms with Crippen LogP contribution in [0.2, 0.25) is 0 Å². The van der Waals surface area contributed by atoms with Crippen molar-refractivity contribution in [2.75, 3.05) is 0 Å². The predicted molar refractivity (Wildman–Crippen MR) is 43.0 cm³/mol. The topological polar surface area (TPSA) is 105 Å². The highest BCUT2D eigenvalue weighted by Gasteiger charge is 2.06. The van der Waals surface area contributed by atoms with Gasteiger partial charge >= 0.3 is 0 Å². The molecule has 1 rings (SSSR count). The number of oxime groups is 1. The molecule has 0 radical (unpaired) electrons. The van der Waals surface area contributed by atoms with Gasteiger partial charge in [-0.05, 0) is 18.2 Å². The first-order valence-electron chi connectivity index (χ1n) is 3.33. The number of aromatic hydroxyl groups is 2. The summed E-state index contributed by atoms with van der Waals surface area (Å²) in [6, 6.07) is 3.69. The van der Waals surface area contributed by atoms with E-state index >= 15 is 0 Å². The number of rotatable bonds is 1. The second kappa shape index (κ2) is 3.63. The van der Waals surface area contributed by atoms with Gasteiger partial charge in [0.15, 0.2) is 17.3 Å². The molecule has 0 aliphatic rings. The van der Waals surface area contributed by atoms with Gasteiger partial charge in [0.25, 0.3) is 0 Å². The van der Waals surface area contributed by atoms with Crippen LogP contribution in [0.15, 0.2) is 23.4 Å². The van der Waals surface area contributed by atoms with E-state index in [1.807, 2.05) is 0 Å². The van der Waals surface area contributed by atoms with E-state index in [1.54, 1.807) is 5.48 Å². The smallest absolute Gasteiger partial charge is 0.196 e. The molecule has 70 valence electrons. The first kappa shape index (κ1) is 9.14. The fourth-order valence-corrected chi connectivity index (χ4v) is 0.815. The van der Waals surface area contributed by atoms with Crippen LogP contribution in [0.5, 0.6) is 11.5 Å². The summed E-state index contributed by atoms with van der Waals surface area (Å²) in [5.41, 5.74) is 1.86. The third-order valence-corrected chi connectivity index (χ3v) is 1.45. The molecule has 0 saturated carbocycles. The number of phenols is 2. The number of hydrogen-bond donors (Lipinski definition) is 5. The van der Waals surface area contributed by atoms with Gasteiger partial charge in [0.2, 0.25) is 0 Å². The quantitative estimate of drug-likeness (QED) is 0.141. The predicted octanol–water partition coefficient (Wildman–Crippen LogP) is 0.212. The van der Waals surface area contributed by atoms with Crippen LogP contribution in [0.4, 0.5) is 0 Å². The molecule has 0 heterocycles. The monoisotopic (exact) mass is 184 g/mol. The normalized spacial score (nSPS) is 11.3. The molecular weight excluding hydrogens is 176 g/mol. The van der Waals surface area contributed by atoms with E-state index in [2.05, 4.69) is 5.16 Å². The Morgan fingerprint density at radius 1 is 1.23 bits per heavy atom. The van der Waals surface area contributed by atoms with Crippen LogP contribution >= 0.6 is 0 Å². The lowest BCUT2D eigenvalue weighted by molar-refractivity contribution is 0.223. The number of phenolic OH excluding ortho intramolecular Hbond substituents is 2. The van der Waals surface area contributed by atoms with Gasteiger partial charge in [-0.2, -0.15) is 0 Å². The van der Waals surface area contributed by atoms with Gasteiger partial charge in [0.1, 0.15) is 0 Å². The third kappa shape index (κ3) is 1.79. The molecular formula is C7H8N2O4. The minimum Gasteiger partial charge on any atom is -0.504 e. The van der Waals surface area contributed by atoms with Crippen LogP contribution in [0.3, 0.4) is 0 Å². The molecule has 0 aliphatic carbocycles. The average molecular weight is 184 g/mol. The van der Waals surface area contributed by atoms with Crippen LogP contribution in [0, 0.1) is 0 Å². The van der Waals surface area contributed by atoms with E-state index < -0.39 is 0 Å². The van der Waals surface area contributed by atoms with Crippen molar-refractivity contribution in [1.82, 2.24) is 5.48 Å². The number of amidine groups is 1. The molecule has 0 atom stereocenters. The van der Waals surface area contributed by atoms with E-state index in [0.717, 1.165) is 6.07 Å². The second-order valence-electron chi connectivity index (χ2n) is 2.26. The number of nitrogens with zero attached hydrogens (tertiary/aromatic N) is 1. The Balaban J connectivity index is 3.10. The summed E-state index contributed by atoms with van der Waals surface area (Å²) in [7, 11) is 0. The first-order chi connectivity index (χ1) is 6.19. The molecule has 0 aliphatic heterocycles. The first-order valence-corrected chi connectivity index (χ1v) is 3.33. The molecule has 1 aromatic carbocycles. The molecule has 0 saturated heterocycles. The average Bonchev–Trinajstić information content (AvgIpc) is 2.13. The van der Waals surface area contributed by atoms with Crippen molar-refractivity contribution in [2.45, 2.75) is 0 Å². The summed E-state index contributed by atoms with van der Waals surface area (Å²) in [5.74, 6) is -0.886. The van der Waals surface area contributed by atoms with Crippen molar-refractivity contribution in [3.8, 4) is 11.5 Å². The minimum atomic E-state index is -0.367. The molecule has 0 unspecified atom stereocenters. The Bertz CT molecular complexity index is 337. The highest BCUT2D eigenvalue weighted by molar-refractivity contribution is 5.98. The number of benzene rings is 1. The van der Waals surface area contributed by atoms with E-state index in [-0.39, 0.29) is 22.9 Å². The molecule has 0 spiro atoms. The fourth-order valence-electron chi connectivity index (χ4n) is 0.815. The molecule has 6 heteroatoms. The summed E-state index contributed by atoms with van der Waals surface area (Å²) in [5, 5.41) is 37.5. The van der Waals surface area contributed by atoms with Gasteiger partial charge in [-0.25, -0.2) is 5.48 Å². The van der Waals surface area contributed by atoms with Gasteiger partial charge < -0.3 is 15.4 Å². The molecule has 6 nitrogen and oxygen atoms in total. The maximum Gasteiger partial charge on any atom is 0.196 e. The molecule has 13 heavy (non-hydrogen) atoms. The molecule has 0 aromatic heterocycles. The summed E-state index contributed by atoms with van der Waals surface area (Å²) in [6.07, 6.45) is 0. The molecule has 0 bridgehead atoms. The summed E-state index contributed by atoms with van der Waals surface area (Å²) in [6.45, 7) is 0. The Labute approximate surface area is 73.3 Å². The zero-order valence-electron chi connectivity index (χ0n) is 6.47. The zero-order chi connectivity index (χ0) is 9.84. The van der Waals surface area contributed by atoms with Gasteiger partial charge in [-0.3, -0.25) is 5.21 Å². The fraction of sp³-hybridized carbons (Fsp3) is 0. The largest absolute Gasteiger partial charge is 0.504 e. The molecule has 0 fully saturated rings. The lowest BCUT2D eigenvalue weighted by Gasteiger charge is -2.03. The Morgan fingerprint density at radius 2 is 1.92 bits per heavy atom. The van der Waals surface area contributed by atoms with Crippen molar-refractivity contribution in [1.29, 1.82) is 0 Å². The minimum absolute atomic E-state index is 0.227. The van der Waals surface area contributed by atoms with E-state index in [9.17, 15) is 0 Å². The highest BCUT2D eigenvalue weighted by Crippen LogP contribution is 2.24. The third-order valence-electron chi connectivity index (χ3n) is 1.45. The van der Waals surface area contributed by atoms with Gasteiger partial charge in [-0.15, -0.1) is 0 Å². The lowest BCUT2D eigenvalue weighted by atomic mass is 10.2. The van der Waals surface area contributed by atoms with E-state index in [4.69, 9.17) is 20.6 Å². The van der Waals surface area contributed by atoms with Crippen LogP contribution in [-0.2, 0) is 0 Å². The van der Waals surface area contributed by atoms with Gasteiger partial charge in [0.05, 0.1) is 0 Å². The summed E-state index contributed by atoms with van der Waals surface area (Å²) in [4.78, 5) is 0. The molecule has 5 N–H and O–H groups in total. The number of hydroxylamine groups is 1. The van der Waals surface area contributed by atoms with Crippen molar-refractivity contribution in [3.63, 3.8) is 0 Å². The Morgan fingerprint density at radius 3 is 2.38 bits per heavy atom. The van der Waals surface area contributed by atoms with E-state index in [1.165, 1.54) is 12.1 Å². The van der Waals surface area contributed by atoms with Crippen LogP contribution in [-0.4, -0.2) is 26.5 Å². The highest BCUT2D eigenvalue weighted by atomic mass is 16.5. The molecule has 1 aromatic rings. The standard InChI is InChI=1S/C7H8N2O4/c10-5-2-1-4(3-6(5)11)7(8-12)9-13/h1-3,10-13H,(H,8,9). The van der Waals surface area contributed by atoms with Crippen molar-refractivity contribution in [3.05, 3.63) is 23.8 Å². The van der Waals surface area contributed by atoms with E-state index in [0.29, 0.717) is 0 Å². The number of hydrogen-bond acceptors (Lipinski definition) is 5. The van der Waals surface area contributed by atoms with Gasteiger partial charge in [-0.1, -0.05) is 5.16 Å². The van der Waals surface area contributed by atoms with Crippen molar-refractivity contribution < 1.29 is 20.6 Å². The maximum absolute atomic E-state index is 9.04. The number of nitrogens with one attached hydrogen (secondary N) is 1. The van der Waals surface area contributed by atoms with Crippen molar-refractivity contribution >= 4 is 5.84 Å². The zero-order valence-corrected chi connectivity index (χ0v) is 6.47. The van der Waals surface area contributed by atoms with Crippen molar-refractivity contribution in [2.24, 2.45) is 5.16 Å². The molecule has 0 amide bonds. The summed E-state index contributed by atoms with van der Waals surface area (Å²) >= 11 is 0. The van der Waals surface area contributed by atoms with Crippen LogP contribution in [0.1, 0.15) is 5.56 Å². The summed E-state index contributed by atoms with van der Waals surface area (Å²) < 4.78 is 0. The second-order valence-corrected chi connectivity index (χ2v) is 2.26. The van der Waals surface area contributed by atoms with Gasteiger partial charge in [0, 0.05) is 5.56 Å². The maximum atomic E-state index is 9.04. The van der Waals surface area contributed by atoms with Crippen LogP contribution < -0.4 is 5.48 Å². The Hall–Kier alpha value is -1.95. The Kier molecular flexibility index (Phi) is 2.56.